The van der Waals surface area contributed by atoms with Crippen molar-refractivity contribution in [1.82, 2.24) is 4.90 Å². The average molecular weight is 438 g/mol. The van der Waals surface area contributed by atoms with E-state index in [4.69, 9.17) is 0 Å². The van der Waals surface area contributed by atoms with Gasteiger partial charge in [-0.2, -0.15) is 0 Å². The average Bonchev–Trinajstić information content (AvgIpc) is 2.84. The lowest BCUT2D eigenvalue weighted by atomic mass is 9.86. The number of piperidine rings is 1. The van der Waals surface area contributed by atoms with Gasteiger partial charge in [0.05, 0.1) is 0 Å². The fourth-order valence-electron chi connectivity index (χ4n) is 4.92. The fraction of sp³-hybridized carbons (Fsp3) is 0.375. The SMILES string of the molecule is CC(C)(C)c1ccc(CCCCN2CCC(=C(c3ccccc3)c3ccccc3)CC2)cc1. The minimum atomic E-state index is 0.237. The molecule has 3 aromatic carbocycles. The molecule has 0 atom stereocenters. The van der Waals surface area contributed by atoms with E-state index in [0.29, 0.717) is 0 Å². The standard InChI is InChI=1S/C32H39N/c1-32(2,3)30-19-17-26(18-20-30)12-10-11-23-33-24-21-29(22-25-33)31(27-13-6-4-7-14-27)28-15-8-5-9-16-28/h4-9,13-20H,10-12,21-25H2,1-3H3. The highest BCUT2D eigenvalue weighted by Gasteiger charge is 2.18. The van der Waals surface area contributed by atoms with Gasteiger partial charge in [0.15, 0.2) is 0 Å². The molecule has 0 radical (unpaired) electrons. The van der Waals surface area contributed by atoms with E-state index in [1.807, 2.05) is 0 Å². The lowest BCUT2D eigenvalue weighted by Gasteiger charge is -2.30. The van der Waals surface area contributed by atoms with Crippen molar-refractivity contribution in [3.05, 3.63) is 113 Å². The van der Waals surface area contributed by atoms with Gasteiger partial charge in [0, 0.05) is 13.1 Å². The maximum absolute atomic E-state index is 2.67. The highest BCUT2D eigenvalue weighted by Crippen LogP contribution is 2.32. The number of benzene rings is 3. The summed E-state index contributed by atoms with van der Waals surface area (Å²) in [7, 11) is 0. The minimum Gasteiger partial charge on any atom is -0.303 e. The van der Waals surface area contributed by atoms with Crippen molar-refractivity contribution >= 4 is 5.57 Å². The first-order chi connectivity index (χ1) is 16.0. The van der Waals surface area contributed by atoms with E-state index >= 15 is 0 Å². The first-order valence-corrected chi connectivity index (χ1v) is 12.7. The molecule has 0 unspecified atom stereocenters. The fourth-order valence-corrected chi connectivity index (χ4v) is 4.92. The third kappa shape index (κ3) is 6.45. The van der Waals surface area contributed by atoms with E-state index in [1.54, 1.807) is 5.57 Å². The summed E-state index contributed by atoms with van der Waals surface area (Å²) in [6, 6.07) is 31.2. The molecule has 3 aromatic rings. The van der Waals surface area contributed by atoms with Crippen LogP contribution in [0.2, 0.25) is 0 Å². The van der Waals surface area contributed by atoms with Crippen molar-refractivity contribution < 1.29 is 0 Å². The molecule has 0 aromatic heterocycles. The van der Waals surface area contributed by atoms with Gasteiger partial charge in [0.1, 0.15) is 0 Å². The van der Waals surface area contributed by atoms with E-state index in [1.165, 1.54) is 79.6 Å². The van der Waals surface area contributed by atoms with Crippen molar-refractivity contribution in [2.45, 2.75) is 58.3 Å². The van der Waals surface area contributed by atoms with Gasteiger partial charge in [-0.1, -0.05) is 111 Å². The minimum absolute atomic E-state index is 0.237. The van der Waals surface area contributed by atoms with Crippen molar-refractivity contribution in [2.24, 2.45) is 0 Å². The molecule has 1 aliphatic heterocycles. The molecule has 1 fully saturated rings. The number of hydrogen-bond donors (Lipinski definition) is 0. The lowest BCUT2D eigenvalue weighted by molar-refractivity contribution is 0.252. The van der Waals surface area contributed by atoms with Gasteiger partial charge in [0.25, 0.3) is 0 Å². The van der Waals surface area contributed by atoms with Crippen molar-refractivity contribution in [3.63, 3.8) is 0 Å². The highest BCUT2D eigenvalue weighted by molar-refractivity contribution is 5.82. The zero-order valence-corrected chi connectivity index (χ0v) is 20.7. The van der Waals surface area contributed by atoms with Crippen LogP contribution in [0.4, 0.5) is 0 Å². The number of likely N-dealkylation sites (tertiary alicyclic amines) is 1. The third-order valence-electron chi connectivity index (χ3n) is 6.95. The van der Waals surface area contributed by atoms with Gasteiger partial charge in [-0.25, -0.2) is 0 Å². The molecule has 1 heteroatoms. The third-order valence-corrected chi connectivity index (χ3v) is 6.95. The molecule has 0 saturated carbocycles. The summed E-state index contributed by atoms with van der Waals surface area (Å²) in [6.07, 6.45) is 6.09. The van der Waals surface area contributed by atoms with Crippen LogP contribution in [0.1, 0.15) is 68.7 Å². The molecule has 1 nitrogen and oxygen atoms in total. The second kappa shape index (κ2) is 11.0. The van der Waals surface area contributed by atoms with E-state index in [9.17, 15) is 0 Å². The summed E-state index contributed by atoms with van der Waals surface area (Å²) in [5.41, 5.74) is 8.91. The molecule has 1 aliphatic rings. The molecule has 0 aliphatic carbocycles. The van der Waals surface area contributed by atoms with Gasteiger partial charge in [0.2, 0.25) is 0 Å². The summed E-state index contributed by atoms with van der Waals surface area (Å²) >= 11 is 0. The number of unbranched alkanes of at least 4 members (excludes halogenated alkanes) is 1. The molecule has 172 valence electrons. The van der Waals surface area contributed by atoms with Gasteiger partial charge in [-0.3, -0.25) is 0 Å². The van der Waals surface area contributed by atoms with E-state index < -0.39 is 0 Å². The number of aryl methyl sites for hydroxylation is 1. The van der Waals surface area contributed by atoms with Crippen molar-refractivity contribution in [3.8, 4) is 0 Å². The normalized spacial score (nSPS) is 14.9. The van der Waals surface area contributed by atoms with Crippen LogP contribution in [-0.2, 0) is 11.8 Å². The van der Waals surface area contributed by atoms with Crippen LogP contribution in [0.15, 0.2) is 90.5 Å². The largest absolute Gasteiger partial charge is 0.303 e. The molecular weight excluding hydrogens is 398 g/mol. The van der Waals surface area contributed by atoms with Gasteiger partial charge >= 0.3 is 0 Å². The number of hydrogen-bond acceptors (Lipinski definition) is 1. The van der Waals surface area contributed by atoms with Crippen LogP contribution >= 0.6 is 0 Å². The van der Waals surface area contributed by atoms with Crippen LogP contribution in [0.3, 0.4) is 0 Å². The van der Waals surface area contributed by atoms with Crippen LogP contribution in [0, 0.1) is 0 Å². The summed E-state index contributed by atoms with van der Waals surface area (Å²) in [5, 5.41) is 0. The van der Waals surface area contributed by atoms with Crippen molar-refractivity contribution in [2.75, 3.05) is 19.6 Å². The Morgan fingerprint density at radius 1 is 0.697 bits per heavy atom. The first-order valence-electron chi connectivity index (χ1n) is 12.7. The smallest absolute Gasteiger partial charge is 0.00190 e. The second-order valence-corrected chi connectivity index (χ2v) is 10.5. The predicted molar refractivity (Wildman–Crippen MR) is 143 cm³/mol. The summed E-state index contributed by atoms with van der Waals surface area (Å²) < 4.78 is 0. The monoisotopic (exact) mass is 437 g/mol. The molecule has 33 heavy (non-hydrogen) atoms. The van der Waals surface area contributed by atoms with Crippen LogP contribution in [-0.4, -0.2) is 24.5 Å². The van der Waals surface area contributed by atoms with E-state index in [-0.39, 0.29) is 5.41 Å². The predicted octanol–water partition coefficient (Wildman–Crippen LogP) is 7.90. The van der Waals surface area contributed by atoms with Gasteiger partial charge < -0.3 is 4.90 Å². The molecule has 0 spiro atoms. The Morgan fingerprint density at radius 2 is 1.24 bits per heavy atom. The second-order valence-electron chi connectivity index (χ2n) is 10.5. The Hall–Kier alpha value is -2.64. The maximum atomic E-state index is 2.67. The zero-order chi connectivity index (χ0) is 23.1. The molecule has 4 rings (SSSR count). The Morgan fingerprint density at radius 3 is 1.76 bits per heavy atom. The Bertz CT molecular complexity index is 972. The van der Waals surface area contributed by atoms with Gasteiger partial charge in [-0.15, -0.1) is 0 Å². The molecule has 0 N–H and O–H groups in total. The Balaban J connectivity index is 1.30. The zero-order valence-electron chi connectivity index (χ0n) is 20.7. The molecule has 1 heterocycles. The maximum Gasteiger partial charge on any atom is 0.00190 e. The molecule has 0 bridgehead atoms. The Kier molecular flexibility index (Phi) is 7.83. The molecule has 1 saturated heterocycles. The quantitative estimate of drug-likeness (QED) is 0.339. The topological polar surface area (TPSA) is 3.24 Å². The van der Waals surface area contributed by atoms with Crippen molar-refractivity contribution in [1.29, 1.82) is 0 Å². The van der Waals surface area contributed by atoms with E-state index in [2.05, 4.69) is 111 Å². The first kappa shape index (κ1) is 23.5. The lowest BCUT2D eigenvalue weighted by Crippen LogP contribution is -2.32. The highest BCUT2D eigenvalue weighted by atomic mass is 15.1. The van der Waals surface area contributed by atoms with E-state index in [0.717, 1.165) is 0 Å². The Labute approximate surface area is 201 Å². The number of nitrogens with zero attached hydrogens (tertiary/aromatic N) is 1. The summed E-state index contributed by atoms with van der Waals surface area (Å²) in [6.45, 7) is 10.4. The molecule has 0 amide bonds. The molecular formula is C32H39N. The van der Waals surface area contributed by atoms with Crippen LogP contribution < -0.4 is 0 Å². The summed E-state index contributed by atoms with van der Waals surface area (Å²) in [5.74, 6) is 0. The van der Waals surface area contributed by atoms with Crippen LogP contribution in [0.5, 0.6) is 0 Å². The summed E-state index contributed by atoms with van der Waals surface area (Å²) in [4.78, 5) is 2.67. The van der Waals surface area contributed by atoms with Gasteiger partial charge in [-0.05, 0) is 71.9 Å². The number of rotatable bonds is 7. The van der Waals surface area contributed by atoms with Crippen LogP contribution in [0.25, 0.3) is 5.57 Å².